The molecule has 0 radical (unpaired) electrons. The van der Waals surface area contributed by atoms with Gasteiger partial charge in [-0.2, -0.15) is 0 Å². The number of likely N-dealkylation sites (N-methyl/N-ethyl adjacent to an activating group) is 1. The first-order valence-electron chi connectivity index (χ1n) is 14.1. The summed E-state index contributed by atoms with van der Waals surface area (Å²) in [7, 11) is 2.23. The Morgan fingerprint density at radius 1 is 1.14 bits per heavy atom. The first-order chi connectivity index (χ1) is 17.4. The number of benzene rings is 2. The quantitative estimate of drug-likeness (QED) is 0.553. The minimum Gasteiger partial charge on any atom is -0.504 e. The first-order valence-corrected chi connectivity index (χ1v) is 14.1. The van der Waals surface area contributed by atoms with Gasteiger partial charge in [-0.1, -0.05) is 35.9 Å². The van der Waals surface area contributed by atoms with Crippen LogP contribution in [0.4, 0.5) is 0 Å². The first kappa shape index (κ1) is 25.5. The van der Waals surface area contributed by atoms with E-state index in [1.807, 2.05) is 6.07 Å². The van der Waals surface area contributed by atoms with Crippen LogP contribution in [0.25, 0.3) is 0 Å². The molecule has 200 valence electrons. The highest BCUT2D eigenvalue weighted by Crippen LogP contribution is 2.66. The van der Waals surface area contributed by atoms with Crippen molar-refractivity contribution in [3.05, 3.63) is 58.7 Å². The molecule has 2 heterocycles. The van der Waals surface area contributed by atoms with E-state index in [1.165, 1.54) is 29.5 Å². The van der Waals surface area contributed by atoms with Crippen molar-refractivity contribution in [3.8, 4) is 11.5 Å². The molecule has 0 unspecified atom stereocenters. The number of rotatable bonds is 7. The molecule has 2 aromatic rings. The number of ether oxygens (including phenoxy) is 1. The van der Waals surface area contributed by atoms with Crippen molar-refractivity contribution in [3.63, 3.8) is 0 Å². The highest BCUT2D eigenvalue weighted by molar-refractivity contribution is 5.85. The smallest absolute Gasteiger partial charge is 0.165 e. The SMILES string of the molecule is Cc1cccc(CCCN(C)[C@@H]2CC[C@@]3(O)[C@H]4Cc5ccc(O)c6c5[C@@]3(CCN4CC3CC3)[C@H]2O6)c1.Cl. The predicted octanol–water partition coefficient (Wildman–Crippen LogP) is 4.62. The van der Waals surface area contributed by atoms with Gasteiger partial charge in [0.1, 0.15) is 6.10 Å². The number of hydrogen-bond acceptors (Lipinski definition) is 5. The lowest BCUT2D eigenvalue weighted by molar-refractivity contribution is -0.199. The van der Waals surface area contributed by atoms with Crippen molar-refractivity contribution in [1.29, 1.82) is 0 Å². The van der Waals surface area contributed by atoms with Crippen LogP contribution in [0.5, 0.6) is 11.5 Å². The van der Waals surface area contributed by atoms with Crippen LogP contribution in [0.2, 0.25) is 0 Å². The molecule has 2 saturated carbocycles. The second-order valence-electron chi connectivity index (χ2n) is 12.5. The van der Waals surface area contributed by atoms with Gasteiger partial charge in [-0.15, -0.1) is 12.4 Å². The van der Waals surface area contributed by atoms with Crippen molar-refractivity contribution in [2.24, 2.45) is 5.92 Å². The zero-order valence-corrected chi connectivity index (χ0v) is 23.0. The number of halogens is 1. The molecule has 2 N–H and O–H groups in total. The van der Waals surface area contributed by atoms with E-state index in [2.05, 4.69) is 54.1 Å². The molecule has 3 fully saturated rings. The lowest BCUT2D eigenvalue weighted by Crippen LogP contribution is -2.78. The molecule has 5 nitrogen and oxygen atoms in total. The molecule has 0 amide bonds. The minimum atomic E-state index is -0.796. The topological polar surface area (TPSA) is 56.2 Å². The largest absolute Gasteiger partial charge is 0.504 e. The fourth-order valence-corrected chi connectivity index (χ4v) is 8.47. The van der Waals surface area contributed by atoms with Crippen molar-refractivity contribution >= 4 is 12.4 Å². The molecule has 1 spiro atoms. The van der Waals surface area contributed by atoms with E-state index in [0.717, 1.165) is 69.6 Å². The summed E-state index contributed by atoms with van der Waals surface area (Å²) in [4.78, 5) is 5.09. The monoisotopic (exact) mass is 524 g/mol. The normalized spacial score (nSPS) is 33.6. The molecular formula is C31H41ClN2O3. The van der Waals surface area contributed by atoms with Crippen LogP contribution in [0.1, 0.15) is 60.8 Å². The molecule has 7 rings (SSSR count). The third-order valence-corrected chi connectivity index (χ3v) is 10.4. The molecule has 3 aliphatic carbocycles. The number of hydrogen-bond donors (Lipinski definition) is 2. The Morgan fingerprint density at radius 2 is 1.97 bits per heavy atom. The van der Waals surface area contributed by atoms with Crippen LogP contribution in [-0.4, -0.2) is 70.5 Å². The molecule has 2 aromatic carbocycles. The van der Waals surface area contributed by atoms with E-state index in [-0.39, 0.29) is 36.3 Å². The predicted molar refractivity (Wildman–Crippen MR) is 148 cm³/mol. The van der Waals surface area contributed by atoms with E-state index in [1.54, 1.807) is 0 Å². The number of aliphatic hydroxyl groups is 1. The van der Waals surface area contributed by atoms with Gasteiger partial charge in [-0.25, -0.2) is 0 Å². The Hall–Kier alpha value is -1.79. The van der Waals surface area contributed by atoms with Gasteiger partial charge in [0.25, 0.3) is 0 Å². The molecule has 5 aliphatic rings. The summed E-state index contributed by atoms with van der Waals surface area (Å²) in [5, 5.41) is 23.5. The van der Waals surface area contributed by atoms with Crippen LogP contribution in [0.3, 0.4) is 0 Å². The number of piperidine rings is 1. The fraction of sp³-hybridized carbons (Fsp3) is 0.613. The summed E-state index contributed by atoms with van der Waals surface area (Å²) in [6.07, 6.45) is 8.24. The second-order valence-corrected chi connectivity index (χ2v) is 12.5. The molecular weight excluding hydrogens is 484 g/mol. The second kappa shape index (κ2) is 9.15. The van der Waals surface area contributed by atoms with Crippen molar-refractivity contribution in [2.75, 3.05) is 26.7 Å². The summed E-state index contributed by atoms with van der Waals surface area (Å²) in [5.74, 6) is 1.70. The summed E-state index contributed by atoms with van der Waals surface area (Å²) in [5.41, 5.74) is 3.91. The van der Waals surface area contributed by atoms with Crippen molar-refractivity contribution in [1.82, 2.24) is 9.80 Å². The van der Waals surface area contributed by atoms with Gasteiger partial charge in [0.05, 0.1) is 11.0 Å². The third kappa shape index (κ3) is 3.76. The van der Waals surface area contributed by atoms with Gasteiger partial charge in [-0.05, 0) is 102 Å². The van der Waals surface area contributed by atoms with E-state index < -0.39 is 11.0 Å². The molecule has 37 heavy (non-hydrogen) atoms. The van der Waals surface area contributed by atoms with Gasteiger partial charge >= 0.3 is 0 Å². The molecule has 6 heteroatoms. The summed E-state index contributed by atoms with van der Waals surface area (Å²) >= 11 is 0. The maximum atomic E-state index is 12.6. The Labute approximate surface area is 227 Å². The van der Waals surface area contributed by atoms with Gasteiger partial charge < -0.3 is 14.9 Å². The van der Waals surface area contributed by atoms with E-state index in [0.29, 0.717) is 5.75 Å². The average Bonchev–Trinajstić information content (AvgIpc) is 3.59. The van der Waals surface area contributed by atoms with Crippen molar-refractivity contribution < 1.29 is 14.9 Å². The standard InChI is InChI=1S/C31H40N2O3.ClH/c1-20-5-3-6-21(17-20)7-4-15-32(2)24-12-13-31(35)26-18-23-10-11-25(34)28-27(23)30(31,29(24)36-28)14-16-33(26)19-22-8-9-22;/h3,5-6,10-11,17,22,24,26,29,34-35H,4,7-9,12-16,18-19H2,1-2H3;1H/t24-,26-,29+,30+,31-;/m1./s1. The van der Waals surface area contributed by atoms with E-state index in [9.17, 15) is 10.2 Å². The Balaban J connectivity index is 0.00000252. The van der Waals surface area contributed by atoms with E-state index in [4.69, 9.17) is 4.74 Å². The molecule has 1 saturated heterocycles. The Morgan fingerprint density at radius 3 is 2.76 bits per heavy atom. The van der Waals surface area contributed by atoms with Crippen LogP contribution in [0.15, 0.2) is 36.4 Å². The number of phenolic OH excluding ortho intramolecular Hbond substituents is 1. The fourth-order valence-electron chi connectivity index (χ4n) is 8.47. The number of likely N-dealkylation sites (tertiary alicyclic amines) is 1. The zero-order valence-electron chi connectivity index (χ0n) is 22.2. The highest BCUT2D eigenvalue weighted by Gasteiger charge is 2.73. The van der Waals surface area contributed by atoms with Crippen LogP contribution >= 0.6 is 12.4 Å². The summed E-state index contributed by atoms with van der Waals surface area (Å²) in [6, 6.07) is 13.1. The number of aromatic hydroxyl groups is 1. The highest BCUT2D eigenvalue weighted by atomic mass is 35.5. The Bertz CT molecular complexity index is 1190. The van der Waals surface area contributed by atoms with Gasteiger partial charge in [-0.3, -0.25) is 9.80 Å². The van der Waals surface area contributed by atoms with Gasteiger partial charge in [0.2, 0.25) is 0 Å². The van der Waals surface area contributed by atoms with Gasteiger partial charge in [0.15, 0.2) is 11.5 Å². The summed E-state index contributed by atoms with van der Waals surface area (Å²) < 4.78 is 6.75. The lowest BCUT2D eigenvalue weighted by atomic mass is 9.48. The number of nitrogens with zero attached hydrogens (tertiary/aromatic N) is 2. The zero-order chi connectivity index (χ0) is 24.7. The molecule has 0 aromatic heterocycles. The van der Waals surface area contributed by atoms with Crippen LogP contribution in [0, 0.1) is 12.8 Å². The summed E-state index contributed by atoms with van der Waals surface area (Å²) in [6.45, 7) is 5.29. The maximum Gasteiger partial charge on any atom is 0.165 e. The average molecular weight is 525 g/mol. The van der Waals surface area contributed by atoms with Crippen molar-refractivity contribution in [2.45, 2.75) is 87.5 Å². The van der Waals surface area contributed by atoms with Crippen LogP contribution < -0.4 is 4.74 Å². The lowest BCUT2D eigenvalue weighted by Gasteiger charge is -2.64. The minimum absolute atomic E-state index is 0. The maximum absolute atomic E-state index is 12.6. The van der Waals surface area contributed by atoms with Crippen LogP contribution in [-0.2, 0) is 18.3 Å². The Kier molecular flexibility index (Phi) is 6.30. The molecule has 5 atom stereocenters. The molecule has 2 bridgehead atoms. The third-order valence-electron chi connectivity index (χ3n) is 10.4. The van der Waals surface area contributed by atoms with E-state index >= 15 is 0 Å². The number of phenols is 1. The molecule has 2 aliphatic heterocycles. The van der Waals surface area contributed by atoms with Gasteiger partial charge in [0, 0.05) is 24.2 Å². The number of aryl methyl sites for hydroxylation is 2.